The molecule has 2 amide bonds. The van der Waals surface area contributed by atoms with Crippen LogP contribution < -0.4 is 10.6 Å². The first-order chi connectivity index (χ1) is 9.04. The van der Waals surface area contributed by atoms with Crippen LogP contribution in [0, 0.1) is 0 Å². The Morgan fingerprint density at radius 3 is 2.53 bits per heavy atom. The van der Waals surface area contributed by atoms with E-state index in [2.05, 4.69) is 29.4 Å². The fourth-order valence-corrected chi connectivity index (χ4v) is 2.01. The second-order valence-corrected chi connectivity index (χ2v) is 4.60. The molecule has 1 aliphatic heterocycles. The number of hydrogen-bond acceptors (Lipinski definition) is 4. The van der Waals surface area contributed by atoms with E-state index in [1.165, 1.54) is 0 Å². The predicted molar refractivity (Wildman–Crippen MR) is 70.1 cm³/mol. The van der Waals surface area contributed by atoms with Gasteiger partial charge in [0.1, 0.15) is 0 Å². The summed E-state index contributed by atoms with van der Waals surface area (Å²) >= 11 is 0. The fraction of sp³-hybridized carbons (Fsp3) is 0.833. The lowest BCUT2D eigenvalue weighted by molar-refractivity contribution is -0.144. The Labute approximate surface area is 113 Å². The van der Waals surface area contributed by atoms with Crippen LogP contribution >= 0.6 is 0 Å². The third-order valence-corrected chi connectivity index (χ3v) is 3.39. The van der Waals surface area contributed by atoms with Gasteiger partial charge in [0.2, 0.25) is 0 Å². The van der Waals surface area contributed by atoms with Crippen molar-refractivity contribution in [3.63, 3.8) is 0 Å². The lowest BCUT2D eigenvalue weighted by atomic mass is 9.99. The zero-order valence-electron chi connectivity index (χ0n) is 11.6. The van der Waals surface area contributed by atoms with Crippen molar-refractivity contribution in [1.29, 1.82) is 0 Å². The number of hydrogen-bond donors (Lipinski definition) is 3. The quantitative estimate of drug-likeness (QED) is 0.601. The molecule has 3 N–H and O–H groups in total. The number of rotatable bonds is 7. The van der Waals surface area contributed by atoms with Crippen molar-refractivity contribution in [2.24, 2.45) is 0 Å². The summed E-state index contributed by atoms with van der Waals surface area (Å²) in [5.41, 5.74) is -1.28. The average Bonchev–Trinajstić information content (AvgIpc) is 2.84. The number of amides is 2. The van der Waals surface area contributed by atoms with Gasteiger partial charge in [-0.3, -0.25) is 0 Å². The summed E-state index contributed by atoms with van der Waals surface area (Å²) in [4.78, 5) is 25.1. The second-order valence-electron chi connectivity index (χ2n) is 4.60. The van der Waals surface area contributed by atoms with E-state index in [4.69, 9.17) is 4.74 Å². The van der Waals surface area contributed by atoms with Gasteiger partial charge in [-0.15, -0.1) is 0 Å². The number of carbonyl (C=O) groups excluding carboxylic acids is 1. The molecule has 0 radical (unpaired) electrons. The van der Waals surface area contributed by atoms with Gasteiger partial charge in [0.05, 0.1) is 6.61 Å². The molecule has 7 nitrogen and oxygen atoms in total. The van der Waals surface area contributed by atoms with Crippen LogP contribution in [-0.4, -0.2) is 66.9 Å². The molecule has 0 saturated carbocycles. The maximum Gasteiger partial charge on any atom is 0.332 e. The zero-order valence-corrected chi connectivity index (χ0v) is 11.6. The molecule has 0 aromatic rings. The normalized spacial score (nSPS) is 22.5. The lowest BCUT2D eigenvalue weighted by Gasteiger charge is -2.24. The number of ether oxygens (including phenoxy) is 1. The first-order valence-electron chi connectivity index (χ1n) is 6.63. The molecular weight excluding hydrogens is 250 g/mol. The summed E-state index contributed by atoms with van der Waals surface area (Å²) in [6.07, 6.45) is 0.297. The molecule has 19 heavy (non-hydrogen) atoms. The van der Waals surface area contributed by atoms with E-state index < -0.39 is 17.5 Å². The molecule has 1 rings (SSSR count). The number of aliphatic carboxylic acids is 1. The van der Waals surface area contributed by atoms with Crippen LogP contribution in [0.1, 0.15) is 20.3 Å². The zero-order chi connectivity index (χ0) is 14.3. The van der Waals surface area contributed by atoms with E-state index in [0.29, 0.717) is 19.6 Å². The van der Waals surface area contributed by atoms with Crippen molar-refractivity contribution < 1.29 is 19.4 Å². The maximum absolute atomic E-state index is 11.7. The van der Waals surface area contributed by atoms with E-state index in [1.807, 2.05) is 0 Å². The number of likely N-dealkylation sites (N-methyl/N-ethyl adjacent to an activating group) is 1. The van der Waals surface area contributed by atoms with E-state index in [1.54, 1.807) is 0 Å². The summed E-state index contributed by atoms with van der Waals surface area (Å²) in [5.74, 6) is -1.05. The van der Waals surface area contributed by atoms with E-state index >= 15 is 0 Å². The van der Waals surface area contributed by atoms with Gasteiger partial charge in [-0.2, -0.15) is 0 Å². The molecule has 1 heterocycles. The van der Waals surface area contributed by atoms with Crippen LogP contribution in [0.4, 0.5) is 4.79 Å². The first-order valence-corrected chi connectivity index (χ1v) is 6.63. The highest BCUT2D eigenvalue weighted by atomic mass is 16.5. The molecule has 0 spiro atoms. The molecule has 1 unspecified atom stereocenters. The molecule has 1 fully saturated rings. The molecule has 0 bridgehead atoms. The number of nitrogens with zero attached hydrogens (tertiary/aromatic N) is 1. The smallest absolute Gasteiger partial charge is 0.332 e. The van der Waals surface area contributed by atoms with Crippen molar-refractivity contribution in [3.05, 3.63) is 0 Å². The summed E-state index contributed by atoms with van der Waals surface area (Å²) in [6.45, 7) is 7.57. The van der Waals surface area contributed by atoms with E-state index in [0.717, 1.165) is 19.6 Å². The Morgan fingerprint density at radius 1 is 1.37 bits per heavy atom. The van der Waals surface area contributed by atoms with Gasteiger partial charge in [0.15, 0.2) is 5.54 Å². The molecule has 110 valence electrons. The number of nitrogens with one attached hydrogen (secondary N) is 2. The van der Waals surface area contributed by atoms with Crippen LogP contribution in [0.3, 0.4) is 0 Å². The van der Waals surface area contributed by atoms with Crippen LogP contribution in [-0.2, 0) is 9.53 Å². The summed E-state index contributed by atoms with van der Waals surface area (Å²) in [5, 5.41) is 14.4. The Kier molecular flexibility index (Phi) is 6.04. The van der Waals surface area contributed by atoms with Gasteiger partial charge < -0.3 is 25.4 Å². The molecule has 1 saturated heterocycles. The Balaban J connectivity index is 2.36. The van der Waals surface area contributed by atoms with Crippen molar-refractivity contribution in [3.8, 4) is 0 Å². The minimum Gasteiger partial charge on any atom is -0.479 e. The van der Waals surface area contributed by atoms with Gasteiger partial charge in [-0.25, -0.2) is 9.59 Å². The predicted octanol–water partition coefficient (Wildman–Crippen LogP) is -0.129. The van der Waals surface area contributed by atoms with Crippen molar-refractivity contribution in [2.75, 3.05) is 39.4 Å². The molecule has 0 aromatic heterocycles. The minimum atomic E-state index is -1.28. The largest absolute Gasteiger partial charge is 0.479 e. The van der Waals surface area contributed by atoms with Crippen molar-refractivity contribution in [2.45, 2.75) is 25.8 Å². The van der Waals surface area contributed by atoms with E-state index in [9.17, 15) is 14.7 Å². The highest BCUT2D eigenvalue weighted by Crippen LogP contribution is 2.18. The topological polar surface area (TPSA) is 90.9 Å². The molecule has 1 atom stereocenters. The monoisotopic (exact) mass is 273 g/mol. The number of carbonyl (C=O) groups is 2. The van der Waals surface area contributed by atoms with Crippen LogP contribution in [0.25, 0.3) is 0 Å². The van der Waals surface area contributed by atoms with Gasteiger partial charge >= 0.3 is 12.0 Å². The van der Waals surface area contributed by atoms with Gasteiger partial charge in [-0.1, -0.05) is 13.8 Å². The summed E-state index contributed by atoms with van der Waals surface area (Å²) in [6, 6.07) is -0.458. The van der Waals surface area contributed by atoms with Gasteiger partial charge in [-0.05, 0) is 13.1 Å². The van der Waals surface area contributed by atoms with Gasteiger partial charge in [0.25, 0.3) is 0 Å². The molecule has 0 aromatic carbocycles. The SMILES string of the molecule is CCN(CC)CCNC(=O)NC1(C(=O)O)CCOC1. The van der Waals surface area contributed by atoms with Crippen LogP contribution in [0.5, 0.6) is 0 Å². The fourth-order valence-electron chi connectivity index (χ4n) is 2.01. The summed E-state index contributed by atoms with van der Waals surface area (Å²) in [7, 11) is 0. The third kappa shape index (κ3) is 4.36. The number of urea groups is 1. The Morgan fingerprint density at radius 2 is 2.05 bits per heavy atom. The van der Waals surface area contributed by atoms with Crippen molar-refractivity contribution in [1.82, 2.24) is 15.5 Å². The minimum absolute atomic E-state index is 0.0196. The molecular formula is C12H23N3O4. The Hall–Kier alpha value is -1.34. The summed E-state index contributed by atoms with van der Waals surface area (Å²) < 4.78 is 5.07. The number of carboxylic acids is 1. The second kappa shape index (κ2) is 7.30. The van der Waals surface area contributed by atoms with Crippen molar-refractivity contribution >= 4 is 12.0 Å². The number of carboxylic acid groups (broad SMARTS) is 1. The first kappa shape index (κ1) is 15.7. The average molecular weight is 273 g/mol. The molecule has 0 aliphatic carbocycles. The molecule has 7 heteroatoms. The van der Waals surface area contributed by atoms with Gasteiger partial charge in [0, 0.05) is 26.1 Å². The van der Waals surface area contributed by atoms with E-state index in [-0.39, 0.29) is 6.61 Å². The Bertz CT molecular complexity index is 312. The third-order valence-electron chi connectivity index (χ3n) is 3.39. The maximum atomic E-state index is 11.7. The highest BCUT2D eigenvalue weighted by Gasteiger charge is 2.43. The standard InChI is InChI=1S/C12H23N3O4/c1-3-15(4-2)7-6-13-11(18)14-12(10(16)17)5-8-19-9-12/h3-9H2,1-2H3,(H,16,17)(H2,13,14,18). The van der Waals surface area contributed by atoms with Crippen LogP contribution in [0.15, 0.2) is 0 Å². The molecule has 1 aliphatic rings. The lowest BCUT2D eigenvalue weighted by Crippen LogP contribution is -2.58. The van der Waals surface area contributed by atoms with Crippen LogP contribution in [0.2, 0.25) is 0 Å². The highest BCUT2D eigenvalue weighted by molar-refractivity contribution is 5.86.